The second kappa shape index (κ2) is 6.48. The fourth-order valence-corrected chi connectivity index (χ4v) is 4.42. The molecule has 9 nitrogen and oxygen atoms in total. The van der Waals surface area contributed by atoms with Gasteiger partial charge < -0.3 is 21.1 Å². The Morgan fingerprint density at radius 2 is 2.09 bits per heavy atom. The molecule has 0 aromatic rings. The smallest absolute Gasteiger partial charge is 0.353 e. The van der Waals surface area contributed by atoms with E-state index in [-0.39, 0.29) is 12.2 Å². The van der Waals surface area contributed by atoms with Crippen LogP contribution in [0.2, 0.25) is 0 Å². The molecule has 0 radical (unpaired) electrons. The molecule has 23 heavy (non-hydrogen) atoms. The van der Waals surface area contributed by atoms with Gasteiger partial charge in [-0.05, 0) is 14.0 Å². The van der Waals surface area contributed by atoms with Gasteiger partial charge in [0.25, 0.3) is 0 Å². The maximum atomic E-state index is 12.1. The lowest BCUT2D eigenvalue weighted by Crippen LogP contribution is -2.60. The number of carbonyl (C=O) groups is 3. The Bertz CT molecular complexity index is 578. The molecule has 1 saturated heterocycles. The zero-order valence-electron chi connectivity index (χ0n) is 12.7. The summed E-state index contributed by atoms with van der Waals surface area (Å²) in [5, 5.41) is 27.8. The number of carboxylic acid groups (broad SMARTS) is 1. The molecule has 0 bridgehead atoms. The molecular weight excluding hydrogens is 326 g/mol. The Labute approximate surface area is 136 Å². The molecule has 0 spiro atoms. The van der Waals surface area contributed by atoms with Crippen LogP contribution in [-0.2, 0) is 14.4 Å². The van der Waals surface area contributed by atoms with Crippen LogP contribution in [0, 0.1) is 5.92 Å². The summed E-state index contributed by atoms with van der Waals surface area (Å²) in [6.07, 6.45) is -0.876. The number of aliphatic hydroxyl groups is 2. The minimum absolute atomic E-state index is 0.0489. The zero-order chi connectivity index (χ0) is 17.5. The van der Waals surface area contributed by atoms with Gasteiger partial charge >= 0.3 is 5.97 Å². The highest BCUT2D eigenvalue weighted by Gasteiger charge is 2.57. The number of carboxylic acids is 1. The number of hydrogen-bond donors (Lipinski definition) is 4. The number of aliphatic carboxylic acids is 1. The lowest BCUT2D eigenvalue weighted by atomic mass is 9.92. The second-order valence-electron chi connectivity index (χ2n) is 5.58. The van der Waals surface area contributed by atoms with Crippen molar-refractivity contribution in [3.05, 3.63) is 10.6 Å². The van der Waals surface area contributed by atoms with Crippen molar-refractivity contribution < 1.29 is 29.7 Å². The van der Waals surface area contributed by atoms with Crippen molar-refractivity contribution in [2.45, 2.75) is 24.4 Å². The number of fused-ring (bicyclic) bond motifs is 1. The summed E-state index contributed by atoms with van der Waals surface area (Å²) >= 11 is 1.17. The van der Waals surface area contributed by atoms with Gasteiger partial charge in [-0.3, -0.25) is 19.4 Å². The third kappa shape index (κ3) is 2.94. The van der Waals surface area contributed by atoms with E-state index >= 15 is 0 Å². The minimum atomic E-state index is -1.25. The van der Waals surface area contributed by atoms with E-state index in [1.165, 1.54) is 30.6 Å². The van der Waals surface area contributed by atoms with E-state index in [1.807, 2.05) is 0 Å². The lowest BCUT2D eigenvalue weighted by Gasteiger charge is -2.43. The van der Waals surface area contributed by atoms with Crippen molar-refractivity contribution in [1.82, 2.24) is 9.80 Å². The standard InChI is InChI=1S/C13H19N3O6S/c1-5(18)8-11(20)16-9(13(21)22)7(23-12(8)16)3-15(2)6(4-17)10(14)19/h5-6,8,12,17-18H,3-4H2,1-2H3,(H2,14,19)(H,21,22)/t5?,6?,8-,12+/m0/s1. The molecule has 4 atom stereocenters. The predicted molar refractivity (Wildman–Crippen MR) is 80.8 cm³/mol. The fraction of sp³-hybridized carbons (Fsp3) is 0.615. The number of nitrogens with two attached hydrogens (primary N) is 1. The molecule has 2 rings (SSSR count). The van der Waals surface area contributed by atoms with Crippen LogP contribution in [0.4, 0.5) is 0 Å². The second-order valence-corrected chi connectivity index (χ2v) is 6.79. The first kappa shape index (κ1) is 17.7. The van der Waals surface area contributed by atoms with Crippen molar-refractivity contribution in [2.75, 3.05) is 20.2 Å². The van der Waals surface area contributed by atoms with Gasteiger partial charge in [-0.1, -0.05) is 0 Å². The van der Waals surface area contributed by atoms with Gasteiger partial charge in [-0.2, -0.15) is 0 Å². The summed E-state index contributed by atoms with van der Waals surface area (Å²) in [4.78, 5) is 37.8. The monoisotopic (exact) mass is 345 g/mol. The van der Waals surface area contributed by atoms with E-state index in [4.69, 9.17) is 5.73 Å². The van der Waals surface area contributed by atoms with Crippen LogP contribution in [0.25, 0.3) is 0 Å². The molecule has 10 heteroatoms. The zero-order valence-corrected chi connectivity index (χ0v) is 13.5. The number of rotatable bonds is 7. The normalized spacial score (nSPS) is 26.1. The molecule has 5 N–H and O–H groups in total. The summed E-state index contributed by atoms with van der Waals surface area (Å²) in [5.74, 6) is -3.06. The molecule has 0 saturated carbocycles. The number of β-lactam (4-membered cyclic amide) rings is 1. The Balaban J connectivity index is 2.23. The molecular formula is C13H19N3O6S. The highest BCUT2D eigenvalue weighted by molar-refractivity contribution is 8.04. The fourth-order valence-electron chi connectivity index (χ4n) is 2.75. The SMILES string of the molecule is CC(O)[C@H]1C(=O)N2C(C(=O)O)=C(CN(C)C(CO)C(N)=O)S[C@H]12. The highest BCUT2D eigenvalue weighted by Crippen LogP contribution is 2.50. The van der Waals surface area contributed by atoms with Crippen molar-refractivity contribution in [3.63, 3.8) is 0 Å². The summed E-state index contributed by atoms with van der Waals surface area (Å²) in [6.45, 7) is 1.04. The van der Waals surface area contributed by atoms with E-state index in [0.717, 1.165) is 4.90 Å². The molecule has 2 unspecified atom stereocenters. The number of nitrogens with zero attached hydrogens (tertiary/aromatic N) is 2. The van der Waals surface area contributed by atoms with Crippen LogP contribution >= 0.6 is 11.8 Å². The first-order chi connectivity index (χ1) is 10.7. The maximum absolute atomic E-state index is 12.1. The maximum Gasteiger partial charge on any atom is 0.353 e. The largest absolute Gasteiger partial charge is 0.477 e. The average Bonchev–Trinajstić information content (AvgIpc) is 2.73. The summed E-state index contributed by atoms with van der Waals surface area (Å²) < 4.78 is 0. The Morgan fingerprint density at radius 3 is 2.52 bits per heavy atom. The summed E-state index contributed by atoms with van der Waals surface area (Å²) in [6, 6.07) is -0.949. The van der Waals surface area contributed by atoms with Gasteiger partial charge in [-0.15, -0.1) is 11.8 Å². The molecule has 1 fully saturated rings. The number of aliphatic hydroxyl groups excluding tert-OH is 2. The number of carbonyl (C=O) groups excluding carboxylic acids is 2. The number of amides is 2. The van der Waals surface area contributed by atoms with Gasteiger partial charge in [0.2, 0.25) is 11.8 Å². The van der Waals surface area contributed by atoms with Crippen molar-refractivity contribution in [3.8, 4) is 0 Å². The van der Waals surface area contributed by atoms with Crippen LogP contribution in [-0.4, -0.2) is 80.6 Å². The highest BCUT2D eigenvalue weighted by atomic mass is 32.2. The van der Waals surface area contributed by atoms with Crippen LogP contribution in [0.1, 0.15) is 6.92 Å². The van der Waals surface area contributed by atoms with Crippen molar-refractivity contribution in [2.24, 2.45) is 11.7 Å². The van der Waals surface area contributed by atoms with E-state index < -0.39 is 47.8 Å². The van der Waals surface area contributed by atoms with Crippen molar-refractivity contribution >= 4 is 29.5 Å². The Hall–Kier alpha value is -1.62. The molecule has 128 valence electrons. The molecule has 0 aromatic carbocycles. The van der Waals surface area contributed by atoms with E-state index in [1.54, 1.807) is 0 Å². The van der Waals surface area contributed by atoms with Gasteiger partial charge in [0.05, 0.1) is 18.6 Å². The number of hydrogen-bond acceptors (Lipinski definition) is 7. The van der Waals surface area contributed by atoms with Crippen LogP contribution < -0.4 is 5.73 Å². The topological polar surface area (TPSA) is 144 Å². The quantitative estimate of drug-likeness (QED) is 0.387. The molecule has 0 aromatic heterocycles. The average molecular weight is 345 g/mol. The van der Waals surface area contributed by atoms with Gasteiger partial charge in [-0.25, -0.2) is 4.79 Å². The van der Waals surface area contributed by atoms with E-state index in [0.29, 0.717) is 4.91 Å². The van der Waals surface area contributed by atoms with Crippen LogP contribution in [0.5, 0.6) is 0 Å². The molecule has 0 aliphatic carbocycles. The summed E-state index contributed by atoms with van der Waals surface area (Å²) in [5.41, 5.74) is 5.05. The van der Waals surface area contributed by atoms with Gasteiger partial charge in [0, 0.05) is 11.4 Å². The predicted octanol–water partition coefficient (Wildman–Crippen LogP) is -2.03. The first-order valence-corrected chi connectivity index (χ1v) is 7.83. The van der Waals surface area contributed by atoms with Crippen molar-refractivity contribution in [1.29, 1.82) is 0 Å². The lowest BCUT2D eigenvalue weighted by molar-refractivity contribution is -0.156. The number of likely N-dealkylation sites (N-methyl/N-ethyl adjacent to an activating group) is 1. The van der Waals surface area contributed by atoms with E-state index in [9.17, 15) is 29.7 Å². The molecule has 2 heterocycles. The van der Waals surface area contributed by atoms with Gasteiger partial charge in [0.15, 0.2) is 0 Å². The minimum Gasteiger partial charge on any atom is -0.477 e. The number of thioether (sulfide) groups is 1. The molecule has 2 aliphatic rings. The third-order valence-corrected chi connectivity index (χ3v) is 5.35. The van der Waals surface area contributed by atoms with Crippen LogP contribution in [0.3, 0.4) is 0 Å². The first-order valence-electron chi connectivity index (χ1n) is 6.95. The molecule has 2 amide bonds. The molecule has 2 aliphatic heterocycles. The third-order valence-electron chi connectivity index (χ3n) is 4.00. The van der Waals surface area contributed by atoms with Gasteiger partial charge in [0.1, 0.15) is 17.1 Å². The Kier molecular flexibility index (Phi) is 4.99. The van der Waals surface area contributed by atoms with E-state index in [2.05, 4.69) is 0 Å². The van der Waals surface area contributed by atoms with Crippen LogP contribution in [0.15, 0.2) is 10.6 Å². The number of primary amides is 1. The summed E-state index contributed by atoms with van der Waals surface area (Å²) in [7, 11) is 1.53. The Morgan fingerprint density at radius 1 is 1.48 bits per heavy atom.